The molecule has 0 saturated heterocycles. The fourth-order valence-electron chi connectivity index (χ4n) is 1.10. The first-order valence-corrected chi connectivity index (χ1v) is 4.35. The maximum absolute atomic E-state index is 12.9. The van der Waals surface area contributed by atoms with Gasteiger partial charge >= 0.3 is 0 Å². The van der Waals surface area contributed by atoms with E-state index in [-0.39, 0.29) is 11.6 Å². The van der Waals surface area contributed by atoms with Gasteiger partial charge in [-0.1, -0.05) is 23.7 Å². The maximum Gasteiger partial charge on any atom is 0.142 e. The Hall–Kier alpha value is -0.640. The highest BCUT2D eigenvalue weighted by molar-refractivity contribution is 6.31. The smallest absolute Gasteiger partial charge is 0.142 e. The van der Waals surface area contributed by atoms with Crippen LogP contribution in [0.5, 0.6) is 0 Å². The molecule has 0 radical (unpaired) electrons. The summed E-state index contributed by atoms with van der Waals surface area (Å²) in [5.74, 6) is -0.479. The van der Waals surface area contributed by atoms with Crippen molar-refractivity contribution in [1.82, 2.24) is 0 Å². The number of hydrogen-bond acceptors (Lipinski definition) is 2. The molecule has 1 aromatic rings. The number of hydrogen-bond donors (Lipinski definition) is 2. The molecule has 0 heterocycles. The Morgan fingerprint density at radius 1 is 1.54 bits per heavy atom. The van der Waals surface area contributed by atoms with Crippen LogP contribution in [0.15, 0.2) is 18.2 Å². The Morgan fingerprint density at radius 2 is 2.23 bits per heavy atom. The molecule has 0 aromatic heterocycles. The summed E-state index contributed by atoms with van der Waals surface area (Å²) in [6.45, 7) is -0.0337. The third-order valence-corrected chi connectivity index (χ3v) is 2.22. The van der Waals surface area contributed by atoms with Crippen LogP contribution in [0.1, 0.15) is 18.0 Å². The van der Waals surface area contributed by atoms with Crippen LogP contribution in [0.3, 0.4) is 0 Å². The van der Waals surface area contributed by atoms with E-state index in [2.05, 4.69) is 0 Å². The first kappa shape index (κ1) is 10.4. The van der Waals surface area contributed by atoms with Gasteiger partial charge in [0.25, 0.3) is 0 Å². The molecule has 0 unspecified atom stereocenters. The minimum Gasteiger partial charge on any atom is -0.396 e. The second kappa shape index (κ2) is 4.56. The summed E-state index contributed by atoms with van der Waals surface area (Å²) >= 11 is 5.69. The van der Waals surface area contributed by atoms with E-state index in [0.29, 0.717) is 12.0 Å². The summed E-state index contributed by atoms with van der Waals surface area (Å²) in [4.78, 5) is 0. The van der Waals surface area contributed by atoms with Crippen molar-refractivity contribution in [2.75, 3.05) is 6.61 Å². The highest BCUT2D eigenvalue weighted by atomic mass is 35.5. The Morgan fingerprint density at radius 3 is 2.85 bits per heavy atom. The van der Waals surface area contributed by atoms with Crippen LogP contribution in [0.2, 0.25) is 5.02 Å². The van der Waals surface area contributed by atoms with Gasteiger partial charge in [-0.15, -0.1) is 0 Å². The predicted molar refractivity (Wildman–Crippen MR) is 50.0 cm³/mol. The van der Waals surface area contributed by atoms with Crippen molar-refractivity contribution in [2.24, 2.45) is 5.73 Å². The lowest BCUT2D eigenvalue weighted by Gasteiger charge is -2.12. The van der Waals surface area contributed by atoms with Gasteiger partial charge in [0.1, 0.15) is 5.82 Å². The van der Waals surface area contributed by atoms with Gasteiger partial charge in [-0.3, -0.25) is 0 Å². The molecule has 0 aliphatic heterocycles. The molecule has 1 rings (SSSR count). The van der Waals surface area contributed by atoms with Crippen LogP contribution < -0.4 is 5.73 Å². The molecule has 72 valence electrons. The Bertz CT molecular complexity index is 293. The van der Waals surface area contributed by atoms with Crippen LogP contribution >= 0.6 is 11.6 Å². The third kappa shape index (κ3) is 2.40. The van der Waals surface area contributed by atoms with Crippen LogP contribution in [-0.2, 0) is 0 Å². The van der Waals surface area contributed by atoms with Crippen molar-refractivity contribution in [3.05, 3.63) is 34.6 Å². The number of benzene rings is 1. The lowest BCUT2D eigenvalue weighted by molar-refractivity contribution is 0.276. The van der Waals surface area contributed by atoms with E-state index in [1.165, 1.54) is 6.07 Å². The second-order valence-corrected chi connectivity index (χ2v) is 3.14. The maximum atomic E-state index is 12.9. The molecule has 1 atom stereocenters. The van der Waals surface area contributed by atoms with E-state index in [0.717, 1.165) is 0 Å². The monoisotopic (exact) mass is 203 g/mol. The zero-order valence-electron chi connectivity index (χ0n) is 7.00. The molecule has 0 aliphatic rings. The molecule has 1 aromatic carbocycles. The molecule has 0 bridgehead atoms. The quantitative estimate of drug-likeness (QED) is 0.788. The van der Waals surface area contributed by atoms with E-state index in [9.17, 15) is 4.39 Å². The van der Waals surface area contributed by atoms with Crippen molar-refractivity contribution in [2.45, 2.75) is 12.5 Å². The number of aliphatic hydroxyl groups is 1. The lowest BCUT2D eigenvalue weighted by atomic mass is 10.1. The van der Waals surface area contributed by atoms with Gasteiger partial charge < -0.3 is 10.8 Å². The molecule has 2 nitrogen and oxygen atoms in total. The highest BCUT2D eigenvalue weighted by Gasteiger charge is 2.11. The largest absolute Gasteiger partial charge is 0.396 e. The SMILES string of the molecule is N[C@H](CCO)c1cccc(F)c1Cl. The molecular formula is C9H11ClFNO. The predicted octanol–water partition coefficient (Wildman–Crippen LogP) is 1.86. The zero-order chi connectivity index (χ0) is 9.84. The Labute approximate surface area is 81.1 Å². The minimum atomic E-state index is -0.479. The summed E-state index contributed by atoms with van der Waals surface area (Å²) in [6.07, 6.45) is 0.378. The van der Waals surface area contributed by atoms with Crippen molar-refractivity contribution in [1.29, 1.82) is 0 Å². The molecular weight excluding hydrogens is 193 g/mol. The van der Waals surface area contributed by atoms with E-state index < -0.39 is 11.9 Å². The first-order chi connectivity index (χ1) is 6.16. The minimum absolute atomic E-state index is 0.0337. The van der Waals surface area contributed by atoms with Crippen LogP contribution in [0.25, 0.3) is 0 Å². The number of aliphatic hydroxyl groups excluding tert-OH is 1. The molecule has 0 aliphatic carbocycles. The number of rotatable bonds is 3. The summed E-state index contributed by atoms with van der Waals surface area (Å²) in [6, 6.07) is 4.07. The van der Waals surface area contributed by atoms with Crippen LogP contribution in [0.4, 0.5) is 4.39 Å². The van der Waals surface area contributed by atoms with E-state index in [1.54, 1.807) is 12.1 Å². The lowest BCUT2D eigenvalue weighted by Crippen LogP contribution is -2.12. The fourth-order valence-corrected chi connectivity index (χ4v) is 1.37. The summed E-state index contributed by atoms with van der Waals surface area (Å²) in [7, 11) is 0. The van der Waals surface area contributed by atoms with Gasteiger partial charge in [0, 0.05) is 12.6 Å². The van der Waals surface area contributed by atoms with Gasteiger partial charge in [0.2, 0.25) is 0 Å². The highest BCUT2D eigenvalue weighted by Crippen LogP contribution is 2.25. The topological polar surface area (TPSA) is 46.2 Å². The van der Waals surface area contributed by atoms with E-state index in [1.807, 2.05) is 0 Å². The fraction of sp³-hybridized carbons (Fsp3) is 0.333. The number of halogens is 2. The van der Waals surface area contributed by atoms with Crippen LogP contribution in [0, 0.1) is 5.82 Å². The molecule has 3 N–H and O–H groups in total. The molecule has 0 spiro atoms. The molecule has 13 heavy (non-hydrogen) atoms. The van der Waals surface area contributed by atoms with Gasteiger partial charge in [-0.25, -0.2) is 4.39 Å². The average molecular weight is 204 g/mol. The van der Waals surface area contributed by atoms with Gasteiger partial charge in [0.15, 0.2) is 0 Å². The zero-order valence-corrected chi connectivity index (χ0v) is 7.76. The van der Waals surface area contributed by atoms with Crippen molar-refractivity contribution >= 4 is 11.6 Å². The normalized spacial score (nSPS) is 12.9. The van der Waals surface area contributed by atoms with Gasteiger partial charge in [-0.2, -0.15) is 0 Å². The second-order valence-electron chi connectivity index (χ2n) is 2.76. The van der Waals surface area contributed by atoms with Crippen molar-refractivity contribution in [3.63, 3.8) is 0 Å². The molecule has 0 saturated carbocycles. The third-order valence-electron chi connectivity index (χ3n) is 1.82. The van der Waals surface area contributed by atoms with E-state index >= 15 is 0 Å². The molecule has 4 heteroatoms. The molecule has 0 fully saturated rings. The Balaban J connectivity index is 2.93. The number of nitrogens with two attached hydrogens (primary N) is 1. The van der Waals surface area contributed by atoms with E-state index in [4.69, 9.17) is 22.4 Å². The summed E-state index contributed by atoms with van der Waals surface area (Å²) in [5.41, 5.74) is 6.20. The Kier molecular flexibility index (Phi) is 3.66. The standard InChI is InChI=1S/C9H11ClFNO/c10-9-6(8(12)4-5-13)2-1-3-7(9)11/h1-3,8,13H,4-5,12H2/t8-/m1/s1. The van der Waals surface area contributed by atoms with Crippen LogP contribution in [-0.4, -0.2) is 11.7 Å². The molecule has 0 amide bonds. The van der Waals surface area contributed by atoms with Crippen molar-refractivity contribution in [3.8, 4) is 0 Å². The average Bonchev–Trinajstić information content (AvgIpc) is 2.10. The van der Waals surface area contributed by atoms with Gasteiger partial charge in [-0.05, 0) is 18.1 Å². The summed E-state index contributed by atoms with van der Waals surface area (Å²) < 4.78 is 12.9. The van der Waals surface area contributed by atoms with Gasteiger partial charge in [0.05, 0.1) is 5.02 Å². The first-order valence-electron chi connectivity index (χ1n) is 3.97. The van der Waals surface area contributed by atoms with Crippen molar-refractivity contribution < 1.29 is 9.50 Å². The summed E-state index contributed by atoms with van der Waals surface area (Å²) in [5, 5.41) is 8.69.